The van der Waals surface area contributed by atoms with Gasteiger partial charge >= 0.3 is 0 Å². The second kappa shape index (κ2) is 4.59. The van der Waals surface area contributed by atoms with E-state index in [1.807, 2.05) is 21.0 Å². The number of β-amino-alcohol motifs (C(OH)–C–C–N with tert-alkyl or cyclic N) is 1. The van der Waals surface area contributed by atoms with Crippen LogP contribution in [0.1, 0.15) is 24.2 Å². The highest BCUT2D eigenvalue weighted by atomic mass is 35.5. The summed E-state index contributed by atoms with van der Waals surface area (Å²) < 4.78 is 1.78. The molecule has 0 aromatic carbocycles. The van der Waals surface area contributed by atoms with Crippen LogP contribution in [0.15, 0.2) is 0 Å². The molecule has 2 rings (SSSR count). The number of hydrogen-bond donors (Lipinski definition) is 1. The van der Waals surface area contributed by atoms with Gasteiger partial charge in [0.1, 0.15) is 0 Å². The summed E-state index contributed by atoms with van der Waals surface area (Å²) in [5, 5.41) is 15.6. The van der Waals surface area contributed by atoms with Crippen molar-refractivity contribution in [3.8, 4) is 0 Å². The molecule has 1 saturated heterocycles. The van der Waals surface area contributed by atoms with E-state index in [1.165, 1.54) is 0 Å². The minimum Gasteiger partial charge on any atom is -0.388 e. The number of aryl methyl sites for hydroxylation is 2. The maximum absolute atomic E-state index is 10.6. The van der Waals surface area contributed by atoms with Crippen molar-refractivity contribution < 1.29 is 5.11 Å². The lowest BCUT2D eigenvalue weighted by Crippen LogP contribution is -2.48. The second-order valence-electron chi connectivity index (χ2n) is 5.21. The molecule has 0 radical (unpaired) electrons. The SMILES string of the molecule is Cc1nn(C)c(CC2(O)CCCN(C)C2)c1Cl. The van der Waals surface area contributed by atoms with Gasteiger partial charge in [0.05, 0.1) is 22.0 Å². The Balaban J connectivity index is 2.19. The van der Waals surface area contributed by atoms with Gasteiger partial charge in [0.25, 0.3) is 0 Å². The molecule has 0 aliphatic carbocycles. The predicted molar refractivity (Wildman–Crippen MR) is 68.3 cm³/mol. The summed E-state index contributed by atoms with van der Waals surface area (Å²) in [7, 11) is 3.92. The number of hydrogen-bond acceptors (Lipinski definition) is 3. The molecule has 1 fully saturated rings. The Morgan fingerprint density at radius 2 is 2.18 bits per heavy atom. The third-order valence-electron chi connectivity index (χ3n) is 3.50. The first-order chi connectivity index (χ1) is 7.91. The molecule has 0 amide bonds. The lowest BCUT2D eigenvalue weighted by atomic mass is 9.88. The smallest absolute Gasteiger partial charge is 0.0848 e. The number of rotatable bonds is 2. The zero-order valence-corrected chi connectivity index (χ0v) is 11.5. The van der Waals surface area contributed by atoms with E-state index in [0.717, 1.165) is 30.8 Å². The molecule has 1 aliphatic heterocycles. The highest BCUT2D eigenvalue weighted by molar-refractivity contribution is 6.31. The van der Waals surface area contributed by atoms with Crippen LogP contribution in [0.4, 0.5) is 0 Å². The zero-order chi connectivity index (χ0) is 12.6. The van der Waals surface area contributed by atoms with Crippen molar-refractivity contribution in [3.05, 3.63) is 16.4 Å². The number of nitrogens with zero attached hydrogens (tertiary/aromatic N) is 3. The van der Waals surface area contributed by atoms with Gasteiger partial charge in [-0.3, -0.25) is 4.68 Å². The van der Waals surface area contributed by atoms with Gasteiger partial charge in [0.15, 0.2) is 0 Å². The molecule has 5 heteroatoms. The summed E-state index contributed by atoms with van der Waals surface area (Å²) in [6.45, 7) is 3.65. The van der Waals surface area contributed by atoms with Crippen LogP contribution in [-0.4, -0.2) is 45.5 Å². The maximum Gasteiger partial charge on any atom is 0.0848 e. The second-order valence-corrected chi connectivity index (χ2v) is 5.59. The van der Waals surface area contributed by atoms with Crippen LogP contribution in [0.3, 0.4) is 0 Å². The molecular weight excluding hydrogens is 238 g/mol. The highest BCUT2D eigenvalue weighted by Crippen LogP contribution is 2.28. The molecule has 2 heterocycles. The van der Waals surface area contributed by atoms with E-state index in [1.54, 1.807) is 4.68 Å². The van der Waals surface area contributed by atoms with Crippen LogP contribution < -0.4 is 0 Å². The first-order valence-electron chi connectivity index (χ1n) is 6.00. The third kappa shape index (κ3) is 2.64. The molecule has 1 aliphatic rings. The van der Waals surface area contributed by atoms with Crippen molar-refractivity contribution >= 4 is 11.6 Å². The Hall–Kier alpha value is -0.580. The maximum atomic E-state index is 10.6. The summed E-state index contributed by atoms with van der Waals surface area (Å²) in [6.07, 6.45) is 2.44. The molecule has 1 atom stereocenters. The van der Waals surface area contributed by atoms with Gasteiger partial charge in [0, 0.05) is 20.0 Å². The Kier molecular flexibility index (Phi) is 3.48. The molecule has 0 spiro atoms. The average molecular weight is 258 g/mol. The fourth-order valence-corrected chi connectivity index (χ4v) is 2.89. The van der Waals surface area contributed by atoms with Gasteiger partial charge in [-0.05, 0) is 33.4 Å². The van der Waals surface area contributed by atoms with Gasteiger partial charge in [0.2, 0.25) is 0 Å². The minimum absolute atomic E-state index is 0.577. The lowest BCUT2D eigenvalue weighted by molar-refractivity contribution is -0.0236. The average Bonchev–Trinajstić information content (AvgIpc) is 2.44. The Morgan fingerprint density at radius 3 is 2.71 bits per heavy atom. The van der Waals surface area contributed by atoms with Crippen LogP contribution >= 0.6 is 11.6 Å². The molecule has 96 valence electrons. The number of halogens is 1. The van der Waals surface area contributed by atoms with Crippen molar-refractivity contribution in [2.45, 2.75) is 31.8 Å². The Morgan fingerprint density at radius 1 is 1.47 bits per heavy atom. The first kappa shape index (κ1) is 12.9. The normalized spacial score (nSPS) is 26.4. The molecule has 17 heavy (non-hydrogen) atoms. The van der Waals surface area contributed by atoms with E-state index in [2.05, 4.69) is 10.00 Å². The van der Waals surface area contributed by atoms with Crippen molar-refractivity contribution in [1.29, 1.82) is 0 Å². The van der Waals surface area contributed by atoms with Crippen LogP contribution in [0.2, 0.25) is 5.02 Å². The van der Waals surface area contributed by atoms with Crippen molar-refractivity contribution in [2.75, 3.05) is 20.1 Å². The zero-order valence-electron chi connectivity index (χ0n) is 10.7. The van der Waals surface area contributed by atoms with Crippen LogP contribution in [0, 0.1) is 6.92 Å². The minimum atomic E-state index is -0.670. The molecule has 0 saturated carbocycles. The largest absolute Gasteiger partial charge is 0.388 e. The highest BCUT2D eigenvalue weighted by Gasteiger charge is 2.34. The van der Waals surface area contributed by atoms with Gasteiger partial charge in [-0.25, -0.2) is 0 Å². The summed E-state index contributed by atoms with van der Waals surface area (Å²) in [4.78, 5) is 2.17. The Bertz CT molecular complexity index is 418. The quantitative estimate of drug-likeness (QED) is 0.870. The number of piperidine rings is 1. The van der Waals surface area contributed by atoms with E-state index in [4.69, 9.17) is 11.6 Å². The number of aromatic nitrogens is 2. The summed E-state index contributed by atoms with van der Waals surface area (Å²) in [6, 6.07) is 0. The lowest BCUT2D eigenvalue weighted by Gasteiger charge is -2.37. The van der Waals surface area contributed by atoms with Crippen LogP contribution in [-0.2, 0) is 13.5 Å². The van der Waals surface area contributed by atoms with Crippen molar-refractivity contribution in [3.63, 3.8) is 0 Å². The van der Waals surface area contributed by atoms with E-state index in [0.29, 0.717) is 18.0 Å². The molecule has 1 aromatic rings. The van der Waals surface area contributed by atoms with E-state index in [-0.39, 0.29) is 0 Å². The van der Waals surface area contributed by atoms with E-state index in [9.17, 15) is 5.11 Å². The standard InChI is InChI=1S/C12H20ClN3O/c1-9-11(13)10(16(3)14-9)7-12(17)5-4-6-15(2)8-12/h17H,4-8H2,1-3H3. The van der Waals surface area contributed by atoms with Gasteiger partial charge in [-0.15, -0.1) is 0 Å². The summed E-state index contributed by atoms with van der Waals surface area (Å²) >= 11 is 6.22. The number of likely N-dealkylation sites (tertiary alicyclic amines) is 1. The van der Waals surface area contributed by atoms with Gasteiger partial charge < -0.3 is 10.0 Å². The van der Waals surface area contributed by atoms with Gasteiger partial charge in [-0.2, -0.15) is 5.10 Å². The molecule has 1 N–H and O–H groups in total. The van der Waals surface area contributed by atoms with Gasteiger partial charge in [-0.1, -0.05) is 11.6 Å². The molecule has 1 aromatic heterocycles. The number of aliphatic hydroxyl groups is 1. The topological polar surface area (TPSA) is 41.3 Å². The van der Waals surface area contributed by atoms with Crippen molar-refractivity contribution in [2.24, 2.45) is 7.05 Å². The monoisotopic (exact) mass is 257 g/mol. The fraction of sp³-hybridized carbons (Fsp3) is 0.750. The summed E-state index contributed by atoms with van der Waals surface area (Å²) in [5.41, 5.74) is 1.09. The summed E-state index contributed by atoms with van der Waals surface area (Å²) in [5.74, 6) is 0. The molecule has 0 bridgehead atoms. The fourth-order valence-electron chi connectivity index (χ4n) is 2.67. The molecular formula is C12H20ClN3O. The molecule has 1 unspecified atom stereocenters. The van der Waals surface area contributed by atoms with E-state index >= 15 is 0 Å². The molecule has 4 nitrogen and oxygen atoms in total. The van der Waals surface area contributed by atoms with Crippen LogP contribution in [0.25, 0.3) is 0 Å². The van der Waals surface area contributed by atoms with E-state index < -0.39 is 5.60 Å². The van der Waals surface area contributed by atoms with Crippen LogP contribution in [0.5, 0.6) is 0 Å². The predicted octanol–water partition coefficient (Wildman–Crippen LogP) is 1.38. The number of likely N-dealkylation sites (N-methyl/N-ethyl adjacent to an activating group) is 1. The third-order valence-corrected chi connectivity index (χ3v) is 4.00. The van der Waals surface area contributed by atoms with Crippen molar-refractivity contribution in [1.82, 2.24) is 14.7 Å². The first-order valence-corrected chi connectivity index (χ1v) is 6.38. The Labute approximate surface area is 107 Å².